The Morgan fingerprint density at radius 2 is 1.51 bits per heavy atom. The van der Waals surface area contributed by atoms with E-state index in [-0.39, 0.29) is 24.0 Å². The summed E-state index contributed by atoms with van der Waals surface area (Å²) in [6, 6.07) is 15.3. The van der Waals surface area contributed by atoms with Gasteiger partial charge < -0.3 is 5.32 Å². The fourth-order valence-electron chi connectivity index (χ4n) is 3.90. The second kappa shape index (κ2) is 11.1. The van der Waals surface area contributed by atoms with Crippen molar-refractivity contribution in [2.45, 2.75) is 52.1 Å². The molecular formula is C27H30Cl2N2O3S. The summed E-state index contributed by atoms with van der Waals surface area (Å²) in [5.41, 5.74) is 5.95. The Hall–Kier alpha value is -2.38. The molecule has 0 bridgehead atoms. The number of hydrogen-bond donors (Lipinski definition) is 1. The quantitative estimate of drug-likeness (QED) is 0.370. The van der Waals surface area contributed by atoms with Crippen LogP contribution in [0.25, 0.3) is 0 Å². The molecule has 8 heteroatoms. The third-order valence-corrected chi connectivity index (χ3v) is 8.59. The van der Waals surface area contributed by atoms with E-state index in [9.17, 15) is 13.2 Å². The molecular weight excluding hydrogens is 503 g/mol. The van der Waals surface area contributed by atoms with Gasteiger partial charge in [0.1, 0.15) is 0 Å². The van der Waals surface area contributed by atoms with E-state index in [1.54, 1.807) is 42.5 Å². The van der Waals surface area contributed by atoms with E-state index in [4.69, 9.17) is 23.2 Å². The third kappa shape index (κ3) is 6.64. The lowest BCUT2D eigenvalue weighted by Gasteiger charge is -2.24. The highest BCUT2D eigenvalue weighted by molar-refractivity contribution is 7.89. The lowest BCUT2D eigenvalue weighted by Crippen LogP contribution is -2.41. The Morgan fingerprint density at radius 1 is 0.886 bits per heavy atom. The summed E-state index contributed by atoms with van der Waals surface area (Å²) in [5, 5.41) is 3.65. The number of amides is 1. The first-order valence-electron chi connectivity index (χ1n) is 11.3. The van der Waals surface area contributed by atoms with Gasteiger partial charge in [0.2, 0.25) is 15.9 Å². The first-order valence-corrected chi connectivity index (χ1v) is 13.5. The summed E-state index contributed by atoms with van der Waals surface area (Å²) < 4.78 is 28.2. The number of benzene rings is 3. The van der Waals surface area contributed by atoms with Crippen LogP contribution >= 0.6 is 23.2 Å². The van der Waals surface area contributed by atoms with Crippen LogP contribution < -0.4 is 5.32 Å². The van der Waals surface area contributed by atoms with Gasteiger partial charge in [0.05, 0.1) is 27.5 Å². The number of rotatable bonds is 8. The zero-order valence-electron chi connectivity index (χ0n) is 20.5. The van der Waals surface area contributed by atoms with Crippen molar-refractivity contribution < 1.29 is 13.2 Å². The van der Waals surface area contributed by atoms with Gasteiger partial charge >= 0.3 is 0 Å². The molecule has 0 heterocycles. The van der Waals surface area contributed by atoms with Crippen molar-refractivity contribution in [2.24, 2.45) is 0 Å². The van der Waals surface area contributed by atoms with Gasteiger partial charge in [0.15, 0.2) is 0 Å². The lowest BCUT2D eigenvalue weighted by molar-refractivity contribution is -0.122. The molecule has 3 aromatic rings. The minimum atomic E-state index is -3.96. The zero-order chi connectivity index (χ0) is 25.9. The molecule has 0 spiro atoms. The molecule has 1 amide bonds. The van der Waals surface area contributed by atoms with Crippen molar-refractivity contribution in [1.29, 1.82) is 0 Å². The SMILES string of the molecule is Cc1ccc(S(=O)(=O)N(CC(=O)NC(C)c2cc(C)c(C)cc2C)Cc2ccc(Cl)c(Cl)c2)cc1. The van der Waals surface area contributed by atoms with Gasteiger partial charge in [-0.25, -0.2) is 8.42 Å². The Bertz CT molecular complexity index is 1340. The van der Waals surface area contributed by atoms with Crippen LogP contribution in [-0.2, 0) is 21.4 Å². The zero-order valence-corrected chi connectivity index (χ0v) is 22.9. The number of carbonyl (C=O) groups excluding carboxylic acids is 1. The molecule has 35 heavy (non-hydrogen) atoms. The van der Waals surface area contributed by atoms with Crippen molar-refractivity contribution >= 4 is 39.1 Å². The highest BCUT2D eigenvalue weighted by Gasteiger charge is 2.28. The maximum absolute atomic E-state index is 13.5. The largest absolute Gasteiger partial charge is 0.348 e. The van der Waals surface area contributed by atoms with Crippen LogP contribution in [-0.4, -0.2) is 25.2 Å². The predicted molar refractivity (Wildman–Crippen MR) is 142 cm³/mol. The molecule has 0 aliphatic heterocycles. The topological polar surface area (TPSA) is 66.5 Å². The van der Waals surface area contributed by atoms with Crippen molar-refractivity contribution in [3.63, 3.8) is 0 Å². The molecule has 0 fully saturated rings. The second-order valence-electron chi connectivity index (χ2n) is 8.92. The molecule has 1 N–H and O–H groups in total. The lowest BCUT2D eigenvalue weighted by atomic mass is 9.96. The predicted octanol–water partition coefficient (Wildman–Crippen LogP) is 6.30. The first-order chi connectivity index (χ1) is 16.4. The number of hydrogen-bond acceptors (Lipinski definition) is 3. The van der Waals surface area contributed by atoms with Gasteiger partial charge in [-0.2, -0.15) is 4.31 Å². The van der Waals surface area contributed by atoms with Gasteiger partial charge in [0, 0.05) is 6.54 Å². The standard InChI is InChI=1S/C27H30Cl2N2O3S/c1-17-6-9-23(10-7-17)35(33,34)31(15-22-8-11-25(28)26(29)14-22)16-27(32)30-21(5)24-13-19(3)18(2)12-20(24)4/h6-14,21H,15-16H2,1-5H3,(H,30,32). The Kier molecular flexibility index (Phi) is 8.65. The summed E-state index contributed by atoms with van der Waals surface area (Å²) in [4.78, 5) is 13.2. The summed E-state index contributed by atoms with van der Waals surface area (Å²) in [6.07, 6.45) is 0. The van der Waals surface area contributed by atoms with Crippen LogP contribution in [0.1, 0.15) is 46.3 Å². The number of carbonyl (C=O) groups is 1. The van der Waals surface area contributed by atoms with Crippen LogP contribution in [0.5, 0.6) is 0 Å². The Balaban J connectivity index is 1.88. The van der Waals surface area contributed by atoms with Crippen LogP contribution in [0.3, 0.4) is 0 Å². The summed E-state index contributed by atoms with van der Waals surface area (Å²) >= 11 is 12.2. The monoisotopic (exact) mass is 532 g/mol. The van der Waals surface area contributed by atoms with Crippen LogP contribution in [0, 0.1) is 27.7 Å². The van der Waals surface area contributed by atoms with Crippen molar-refractivity contribution in [1.82, 2.24) is 9.62 Å². The maximum Gasteiger partial charge on any atom is 0.243 e. The first kappa shape index (κ1) is 27.2. The molecule has 0 radical (unpaired) electrons. The van der Waals surface area contributed by atoms with Gasteiger partial charge in [0.25, 0.3) is 0 Å². The van der Waals surface area contributed by atoms with Gasteiger partial charge in [-0.3, -0.25) is 4.79 Å². The number of aryl methyl sites for hydroxylation is 4. The van der Waals surface area contributed by atoms with E-state index >= 15 is 0 Å². The van der Waals surface area contributed by atoms with Crippen molar-refractivity contribution in [3.8, 4) is 0 Å². The molecule has 0 saturated heterocycles. The van der Waals surface area contributed by atoms with Crippen molar-refractivity contribution in [3.05, 3.63) is 98.0 Å². The van der Waals surface area contributed by atoms with E-state index in [1.165, 1.54) is 5.56 Å². The van der Waals surface area contributed by atoms with Crippen LogP contribution in [0.4, 0.5) is 0 Å². The Morgan fingerprint density at radius 3 is 2.14 bits per heavy atom. The molecule has 3 aromatic carbocycles. The van der Waals surface area contributed by atoms with Crippen LogP contribution in [0.15, 0.2) is 59.5 Å². The molecule has 0 saturated carbocycles. The van der Waals surface area contributed by atoms with Crippen molar-refractivity contribution in [2.75, 3.05) is 6.54 Å². The minimum Gasteiger partial charge on any atom is -0.348 e. The highest BCUT2D eigenvalue weighted by Crippen LogP contribution is 2.26. The molecule has 186 valence electrons. The maximum atomic E-state index is 13.5. The van der Waals surface area contributed by atoms with Gasteiger partial charge in [-0.05, 0) is 86.7 Å². The highest BCUT2D eigenvalue weighted by atomic mass is 35.5. The van der Waals surface area contributed by atoms with Gasteiger partial charge in [-0.15, -0.1) is 0 Å². The average Bonchev–Trinajstić information content (AvgIpc) is 2.78. The van der Waals surface area contributed by atoms with E-state index in [1.807, 2.05) is 34.6 Å². The molecule has 0 aliphatic rings. The molecule has 0 aromatic heterocycles. The summed E-state index contributed by atoms with van der Waals surface area (Å²) in [6.45, 7) is 9.48. The number of halogens is 2. The molecule has 0 aliphatic carbocycles. The average molecular weight is 534 g/mol. The minimum absolute atomic E-state index is 0.0302. The van der Waals surface area contributed by atoms with E-state index in [2.05, 4.69) is 17.4 Å². The fraction of sp³-hybridized carbons (Fsp3) is 0.296. The summed E-state index contributed by atoms with van der Waals surface area (Å²) in [5.74, 6) is -0.397. The van der Waals surface area contributed by atoms with E-state index in [0.717, 1.165) is 26.6 Å². The Labute approximate surface area is 218 Å². The molecule has 3 rings (SSSR count). The number of nitrogens with zero attached hydrogens (tertiary/aromatic N) is 1. The normalized spacial score (nSPS) is 12.6. The molecule has 5 nitrogen and oxygen atoms in total. The van der Waals surface area contributed by atoms with E-state index < -0.39 is 15.9 Å². The fourth-order valence-corrected chi connectivity index (χ4v) is 5.61. The molecule has 1 atom stereocenters. The second-order valence-corrected chi connectivity index (χ2v) is 11.7. The number of nitrogens with one attached hydrogen (secondary N) is 1. The number of sulfonamides is 1. The molecule has 1 unspecified atom stereocenters. The van der Waals surface area contributed by atoms with E-state index in [0.29, 0.717) is 15.6 Å². The summed E-state index contributed by atoms with van der Waals surface area (Å²) in [7, 11) is -3.96. The third-order valence-electron chi connectivity index (χ3n) is 6.05. The van der Waals surface area contributed by atoms with Gasteiger partial charge in [-0.1, -0.05) is 59.1 Å². The smallest absolute Gasteiger partial charge is 0.243 e. The van der Waals surface area contributed by atoms with Crippen LogP contribution in [0.2, 0.25) is 10.0 Å².